The molecule has 1 aliphatic heterocycles. The van der Waals surface area contributed by atoms with Crippen molar-refractivity contribution in [1.82, 2.24) is 5.32 Å². The summed E-state index contributed by atoms with van der Waals surface area (Å²) in [5, 5.41) is 2.81. The van der Waals surface area contributed by atoms with Gasteiger partial charge in [0.15, 0.2) is 0 Å². The van der Waals surface area contributed by atoms with Gasteiger partial charge in [-0.25, -0.2) is 0 Å². The lowest BCUT2D eigenvalue weighted by Crippen LogP contribution is -2.26. The number of hydrogen-bond acceptors (Lipinski definition) is 1. The molecule has 1 nitrogen and oxygen atoms in total. The minimum absolute atomic E-state index is 0. The van der Waals surface area contributed by atoms with Gasteiger partial charge in [-0.05, 0) is 13.0 Å². The molecule has 0 unspecified atom stereocenters. The van der Waals surface area contributed by atoms with Gasteiger partial charge in [0.2, 0.25) is 0 Å². The van der Waals surface area contributed by atoms with Crippen LogP contribution >= 0.6 is 12.4 Å². The highest BCUT2D eigenvalue weighted by Crippen LogP contribution is 2.28. The summed E-state index contributed by atoms with van der Waals surface area (Å²) in [5.74, 6) is 0. The van der Waals surface area contributed by atoms with Crippen molar-refractivity contribution in [1.29, 1.82) is 0 Å². The summed E-state index contributed by atoms with van der Waals surface area (Å²) in [5.41, 5.74) is -0.397. The van der Waals surface area contributed by atoms with Crippen LogP contribution in [-0.2, 0) is 0 Å². The fourth-order valence-corrected chi connectivity index (χ4v) is 0.880. The van der Waals surface area contributed by atoms with Gasteiger partial charge in [0, 0.05) is 12.1 Å². The first-order valence-corrected chi connectivity index (χ1v) is 3.07. The van der Waals surface area contributed by atoms with Crippen LogP contribution in [0.1, 0.15) is 6.42 Å². The minimum Gasteiger partial charge on any atom is -0.313 e. The van der Waals surface area contributed by atoms with E-state index in [4.69, 9.17) is 0 Å². The lowest BCUT2D eigenvalue weighted by atomic mass is 10.1. The average Bonchev–Trinajstić information content (AvgIpc) is 1.88. The predicted molar refractivity (Wildman–Crippen MR) is 38.9 cm³/mol. The molecule has 0 spiro atoms. The van der Waals surface area contributed by atoms with Gasteiger partial charge < -0.3 is 5.32 Å². The van der Waals surface area contributed by atoms with Crippen molar-refractivity contribution < 1.29 is 13.2 Å². The second-order valence-electron chi connectivity index (χ2n) is 2.18. The molecule has 1 heterocycles. The Bertz CT molecular complexity index is 152. The Morgan fingerprint density at radius 3 is 2.27 bits per heavy atom. The average molecular weight is 188 g/mol. The molecule has 0 fully saturated rings. The standard InChI is InChI=1S/C6H8F3N.ClH/c7-6(8,9)5-1-3-10-4-2-5;/h1,10H,2-4H2;1H. The molecule has 0 amide bonds. The van der Waals surface area contributed by atoms with Gasteiger partial charge >= 0.3 is 6.18 Å². The third-order valence-corrected chi connectivity index (χ3v) is 1.43. The number of alkyl halides is 3. The molecule has 0 saturated carbocycles. The van der Waals surface area contributed by atoms with E-state index in [0.29, 0.717) is 13.1 Å². The third kappa shape index (κ3) is 3.12. The van der Waals surface area contributed by atoms with Crippen molar-refractivity contribution in [3.8, 4) is 0 Å². The first-order chi connectivity index (χ1) is 4.61. The van der Waals surface area contributed by atoms with Crippen LogP contribution in [0.3, 0.4) is 0 Å². The zero-order chi connectivity index (χ0) is 7.61. The van der Waals surface area contributed by atoms with E-state index in [1.54, 1.807) is 0 Å². The quantitative estimate of drug-likeness (QED) is 0.571. The van der Waals surface area contributed by atoms with Crippen LogP contribution in [0.5, 0.6) is 0 Å². The highest BCUT2D eigenvalue weighted by molar-refractivity contribution is 5.85. The van der Waals surface area contributed by atoms with Crippen molar-refractivity contribution >= 4 is 12.4 Å². The van der Waals surface area contributed by atoms with E-state index in [0.717, 1.165) is 0 Å². The Hall–Kier alpha value is -0.220. The molecule has 0 aromatic carbocycles. The van der Waals surface area contributed by atoms with Gasteiger partial charge in [0.25, 0.3) is 0 Å². The Morgan fingerprint density at radius 2 is 2.00 bits per heavy atom. The lowest BCUT2D eigenvalue weighted by Gasteiger charge is -2.15. The predicted octanol–water partition coefficient (Wildman–Crippen LogP) is 1.89. The van der Waals surface area contributed by atoms with Crippen LogP contribution in [0.15, 0.2) is 11.6 Å². The Labute approximate surface area is 69.1 Å². The largest absolute Gasteiger partial charge is 0.412 e. The maximum Gasteiger partial charge on any atom is 0.412 e. The molecule has 0 atom stereocenters. The van der Waals surface area contributed by atoms with Gasteiger partial charge in [-0.15, -0.1) is 12.4 Å². The second-order valence-corrected chi connectivity index (χ2v) is 2.18. The van der Waals surface area contributed by atoms with Crippen LogP contribution in [0.2, 0.25) is 0 Å². The number of hydrogen-bond donors (Lipinski definition) is 1. The molecule has 0 bridgehead atoms. The second kappa shape index (κ2) is 3.97. The monoisotopic (exact) mass is 187 g/mol. The molecule has 1 aliphatic rings. The summed E-state index contributed by atoms with van der Waals surface area (Å²) < 4.78 is 35.5. The molecule has 0 aliphatic carbocycles. The number of halogens is 4. The molecule has 1 N–H and O–H groups in total. The first-order valence-electron chi connectivity index (χ1n) is 3.07. The molecule has 5 heteroatoms. The molecule has 11 heavy (non-hydrogen) atoms. The van der Waals surface area contributed by atoms with E-state index in [2.05, 4.69) is 5.32 Å². The number of nitrogens with one attached hydrogen (secondary N) is 1. The van der Waals surface area contributed by atoms with Gasteiger partial charge in [-0.2, -0.15) is 13.2 Å². The fraction of sp³-hybridized carbons (Fsp3) is 0.667. The fourth-order valence-electron chi connectivity index (χ4n) is 0.880. The summed E-state index contributed by atoms with van der Waals surface area (Å²) in [7, 11) is 0. The summed E-state index contributed by atoms with van der Waals surface area (Å²) in [4.78, 5) is 0. The summed E-state index contributed by atoms with van der Waals surface area (Å²) >= 11 is 0. The SMILES string of the molecule is Cl.FC(F)(F)C1=CCNCC1. The highest BCUT2D eigenvalue weighted by Gasteiger charge is 2.33. The zero-order valence-corrected chi connectivity index (χ0v) is 6.56. The molecule has 0 aromatic heterocycles. The topological polar surface area (TPSA) is 12.0 Å². The van der Waals surface area contributed by atoms with E-state index < -0.39 is 11.7 Å². The smallest absolute Gasteiger partial charge is 0.313 e. The maximum atomic E-state index is 11.8. The van der Waals surface area contributed by atoms with E-state index in [1.165, 1.54) is 6.08 Å². The van der Waals surface area contributed by atoms with Crippen molar-refractivity contribution in [3.05, 3.63) is 11.6 Å². The Morgan fingerprint density at radius 1 is 1.36 bits per heavy atom. The van der Waals surface area contributed by atoms with Gasteiger partial charge in [0.1, 0.15) is 0 Å². The molecular weight excluding hydrogens is 179 g/mol. The van der Waals surface area contributed by atoms with Crippen molar-refractivity contribution in [2.24, 2.45) is 0 Å². The van der Waals surface area contributed by atoms with Crippen LogP contribution < -0.4 is 5.32 Å². The van der Waals surface area contributed by atoms with Crippen LogP contribution in [0.4, 0.5) is 13.2 Å². The summed E-state index contributed by atoms with van der Waals surface area (Å²) in [6.07, 6.45) is -2.81. The van der Waals surface area contributed by atoms with Crippen molar-refractivity contribution in [3.63, 3.8) is 0 Å². The Balaban J connectivity index is 0.000001000. The molecular formula is C6H9ClF3N. The van der Waals surface area contributed by atoms with Crippen molar-refractivity contribution in [2.45, 2.75) is 12.6 Å². The van der Waals surface area contributed by atoms with Gasteiger partial charge in [-0.1, -0.05) is 6.08 Å². The van der Waals surface area contributed by atoms with Crippen LogP contribution in [-0.4, -0.2) is 19.3 Å². The van der Waals surface area contributed by atoms with E-state index in [9.17, 15) is 13.2 Å². The summed E-state index contributed by atoms with van der Waals surface area (Å²) in [6, 6.07) is 0. The van der Waals surface area contributed by atoms with Crippen LogP contribution in [0, 0.1) is 0 Å². The van der Waals surface area contributed by atoms with Gasteiger partial charge in [-0.3, -0.25) is 0 Å². The molecule has 0 aromatic rings. The highest BCUT2D eigenvalue weighted by atomic mass is 35.5. The van der Waals surface area contributed by atoms with Crippen LogP contribution in [0.25, 0.3) is 0 Å². The minimum atomic E-state index is -4.11. The van der Waals surface area contributed by atoms with E-state index in [-0.39, 0.29) is 18.8 Å². The number of rotatable bonds is 0. The van der Waals surface area contributed by atoms with Crippen molar-refractivity contribution in [2.75, 3.05) is 13.1 Å². The van der Waals surface area contributed by atoms with E-state index in [1.807, 2.05) is 0 Å². The third-order valence-electron chi connectivity index (χ3n) is 1.43. The van der Waals surface area contributed by atoms with E-state index >= 15 is 0 Å². The molecule has 66 valence electrons. The first kappa shape index (κ1) is 10.8. The normalized spacial score (nSPS) is 18.6. The molecule has 1 rings (SSSR count). The lowest BCUT2D eigenvalue weighted by molar-refractivity contribution is -0.0946. The van der Waals surface area contributed by atoms with Gasteiger partial charge in [0.05, 0.1) is 0 Å². The molecule has 0 radical (unpaired) electrons. The Kier molecular flexibility index (Phi) is 3.89. The maximum absolute atomic E-state index is 11.8. The zero-order valence-electron chi connectivity index (χ0n) is 5.74. The summed E-state index contributed by atoms with van der Waals surface area (Å²) in [6.45, 7) is 0.778. The molecule has 0 saturated heterocycles.